The van der Waals surface area contributed by atoms with Gasteiger partial charge in [-0.15, -0.1) is 11.3 Å². The zero-order chi connectivity index (χ0) is 27.4. The third-order valence-electron chi connectivity index (χ3n) is 5.24. The average molecular weight is 562 g/mol. The maximum Gasteiger partial charge on any atom is 0.449 e. The SMILES string of the molecule is CCCCOC(=O)NS(=O)(=O)c1sc(CC(C)C)c(F)c1-c1ccc(Cn2ccnc2C(F)(F)F)cc1. The van der Waals surface area contributed by atoms with E-state index in [1.54, 1.807) is 0 Å². The number of nitrogens with one attached hydrogen (secondary N) is 1. The number of alkyl halides is 3. The van der Waals surface area contributed by atoms with Crippen LogP contribution in [0.3, 0.4) is 0 Å². The Kier molecular flexibility index (Phi) is 9.00. The Balaban J connectivity index is 1.95. The zero-order valence-corrected chi connectivity index (χ0v) is 22.1. The maximum absolute atomic E-state index is 15.5. The number of amides is 1. The quantitative estimate of drug-likeness (QED) is 0.234. The number of ether oxygens (including phenoxy) is 1. The van der Waals surface area contributed by atoms with Crippen LogP contribution in [0.4, 0.5) is 22.4 Å². The third kappa shape index (κ3) is 7.10. The second kappa shape index (κ2) is 11.6. The minimum atomic E-state index is -4.62. The van der Waals surface area contributed by atoms with Gasteiger partial charge in [-0.3, -0.25) is 0 Å². The lowest BCUT2D eigenvalue weighted by Crippen LogP contribution is -2.31. The number of carbonyl (C=O) groups is 1. The van der Waals surface area contributed by atoms with Crippen molar-refractivity contribution in [3.63, 3.8) is 0 Å². The third-order valence-corrected chi connectivity index (χ3v) is 8.25. The Hall–Kier alpha value is -2.93. The molecule has 2 heterocycles. The van der Waals surface area contributed by atoms with Crippen molar-refractivity contribution in [1.82, 2.24) is 14.3 Å². The van der Waals surface area contributed by atoms with Gasteiger partial charge in [-0.1, -0.05) is 51.5 Å². The van der Waals surface area contributed by atoms with Gasteiger partial charge in [-0.25, -0.2) is 27.3 Å². The number of hydrogen-bond donors (Lipinski definition) is 1. The number of unbranched alkanes of at least 4 members (excludes halogenated alkanes) is 1. The van der Waals surface area contributed by atoms with Crippen LogP contribution in [0.15, 0.2) is 40.9 Å². The Morgan fingerprint density at radius 2 is 1.89 bits per heavy atom. The first kappa shape index (κ1) is 28.6. The predicted molar refractivity (Wildman–Crippen MR) is 131 cm³/mol. The molecule has 3 aromatic rings. The van der Waals surface area contributed by atoms with Crippen molar-refractivity contribution in [1.29, 1.82) is 0 Å². The maximum atomic E-state index is 15.5. The van der Waals surface area contributed by atoms with Crippen molar-refractivity contribution in [3.05, 3.63) is 58.7 Å². The summed E-state index contributed by atoms with van der Waals surface area (Å²) in [6.07, 6.45) is -1.96. The van der Waals surface area contributed by atoms with Crippen LogP contribution in [-0.2, 0) is 33.9 Å². The Bertz CT molecular complexity index is 1330. The molecule has 0 unspecified atom stereocenters. The molecule has 0 fully saturated rings. The number of aromatic nitrogens is 2. The van der Waals surface area contributed by atoms with Gasteiger partial charge in [0.25, 0.3) is 10.0 Å². The second-order valence-electron chi connectivity index (χ2n) is 8.77. The van der Waals surface area contributed by atoms with E-state index >= 15 is 4.39 Å². The molecule has 0 saturated heterocycles. The lowest BCUT2D eigenvalue weighted by Gasteiger charge is -2.11. The summed E-state index contributed by atoms with van der Waals surface area (Å²) in [5.41, 5.74) is 0.459. The number of rotatable bonds is 10. The Morgan fingerprint density at radius 3 is 2.49 bits per heavy atom. The monoisotopic (exact) mass is 561 g/mol. The fourth-order valence-corrected chi connectivity index (χ4v) is 6.39. The van der Waals surface area contributed by atoms with Gasteiger partial charge >= 0.3 is 12.3 Å². The number of hydrogen-bond acceptors (Lipinski definition) is 6. The van der Waals surface area contributed by atoms with E-state index in [2.05, 4.69) is 4.98 Å². The number of nitrogens with zero attached hydrogens (tertiary/aromatic N) is 2. The molecule has 0 aliphatic heterocycles. The van der Waals surface area contributed by atoms with Crippen LogP contribution in [0.25, 0.3) is 11.1 Å². The highest BCUT2D eigenvalue weighted by atomic mass is 32.2. The fraction of sp³-hybridized carbons (Fsp3) is 0.417. The molecule has 3 rings (SSSR count). The molecule has 202 valence electrons. The largest absolute Gasteiger partial charge is 0.449 e. The Morgan fingerprint density at radius 1 is 1.22 bits per heavy atom. The van der Waals surface area contributed by atoms with E-state index in [0.717, 1.165) is 28.5 Å². The molecular formula is C24H27F4N3O4S2. The van der Waals surface area contributed by atoms with Gasteiger partial charge in [0.15, 0.2) is 4.21 Å². The van der Waals surface area contributed by atoms with E-state index in [-0.39, 0.29) is 45.7 Å². The molecule has 1 amide bonds. The highest BCUT2D eigenvalue weighted by Crippen LogP contribution is 2.40. The summed E-state index contributed by atoms with van der Waals surface area (Å²) in [5, 5.41) is 0. The predicted octanol–water partition coefficient (Wildman–Crippen LogP) is 6.23. The summed E-state index contributed by atoms with van der Waals surface area (Å²) >= 11 is 0.729. The fourth-order valence-electron chi connectivity index (χ4n) is 3.53. The summed E-state index contributed by atoms with van der Waals surface area (Å²) in [6, 6.07) is 5.83. The van der Waals surface area contributed by atoms with Crippen LogP contribution in [0.2, 0.25) is 0 Å². The summed E-state index contributed by atoms with van der Waals surface area (Å²) in [4.78, 5) is 15.6. The summed E-state index contributed by atoms with van der Waals surface area (Å²) in [5.74, 6) is -1.74. The smallest absolute Gasteiger partial charge is 0.449 e. The van der Waals surface area contributed by atoms with E-state index in [0.29, 0.717) is 12.0 Å². The van der Waals surface area contributed by atoms with Crippen molar-refractivity contribution in [2.45, 2.75) is 57.0 Å². The van der Waals surface area contributed by atoms with Crippen molar-refractivity contribution in [3.8, 4) is 11.1 Å². The molecule has 0 atom stereocenters. The standard InChI is InChI=1S/C24H27F4N3O4S2/c1-4-5-12-35-23(32)30-37(33,34)21-19(20(25)18(36-21)13-15(2)3)17-8-6-16(7-9-17)14-31-11-10-29-22(31)24(26,27)28/h6-11,15H,4-5,12-14H2,1-3H3,(H,30,32). The van der Waals surface area contributed by atoms with Crippen LogP contribution >= 0.6 is 11.3 Å². The van der Waals surface area contributed by atoms with E-state index in [1.807, 2.05) is 25.5 Å². The molecule has 0 spiro atoms. The molecular weight excluding hydrogens is 534 g/mol. The van der Waals surface area contributed by atoms with Gasteiger partial charge in [0.05, 0.1) is 6.61 Å². The van der Waals surface area contributed by atoms with E-state index < -0.39 is 33.9 Å². The minimum Gasteiger partial charge on any atom is -0.449 e. The van der Waals surface area contributed by atoms with Gasteiger partial charge in [0.2, 0.25) is 5.82 Å². The van der Waals surface area contributed by atoms with Crippen molar-refractivity contribution >= 4 is 27.5 Å². The second-order valence-corrected chi connectivity index (χ2v) is 11.8. The molecule has 0 aliphatic rings. The summed E-state index contributed by atoms with van der Waals surface area (Å²) < 4.78 is 88.2. The highest BCUT2D eigenvalue weighted by molar-refractivity contribution is 7.92. The van der Waals surface area contributed by atoms with Gasteiger partial charge in [-0.05, 0) is 29.9 Å². The topological polar surface area (TPSA) is 90.3 Å². The molecule has 13 heteroatoms. The first-order valence-electron chi connectivity index (χ1n) is 11.5. The van der Waals surface area contributed by atoms with Crippen molar-refractivity contribution in [2.24, 2.45) is 5.92 Å². The van der Waals surface area contributed by atoms with E-state index in [1.165, 1.54) is 30.5 Å². The highest BCUT2D eigenvalue weighted by Gasteiger charge is 2.36. The normalized spacial score (nSPS) is 12.2. The average Bonchev–Trinajstić information content (AvgIpc) is 3.39. The van der Waals surface area contributed by atoms with E-state index in [4.69, 9.17) is 4.74 Å². The summed E-state index contributed by atoms with van der Waals surface area (Å²) in [7, 11) is -4.47. The minimum absolute atomic E-state index is 0.0314. The van der Waals surface area contributed by atoms with Crippen LogP contribution < -0.4 is 4.72 Å². The molecule has 7 nitrogen and oxygen atoms in total. The first-order valence-corrected chi connectivity index (χ1v) is 13.8. The zero-order valence-electron chi connectivity index (χ0n) is 20.4. The van der Waals surface area contributed by atoms with Crippen molar-refractivity contribution < 1.29 is 35.5 Å². The Labute approximate surface area is 216 Å². The van der Waals surface area contributed by atoms with E-state index in [9.17, 15) is 26.4 Å². The number of imidazole rings is 1. The number of thiophene rings is 1. The van der Waals surface area contributed by atoms with Crippen LogP contribution in [-0.4, -0.2) is 30.7 Å². The molecule has 0 saturated carbocycles. The van der Waals surface area contributed by atoms with Crippen LogP contribution in [0.1, 0.15) is 49.9 Å². The molecule has 0 bridgehead atoms. The summed E-state index contributed by atoms with van der Waals surface area (Å²) in [6.45, 7) is 5.49. The van der Waals surface area contributed by atoms with Crippen molar-refractivity contribution in [2.75, 3.05) is 6.61 Å². The molecule has 0 aliphatic carbocycles. The number of halogens is 4. The number of carbonyl (C=O) groups excluding carboxylic acids is 1. The van der Waals surface area contributed by atoms with Crippen LogP contribution in [0, 0.1) is 11.7 Å². The first-order chi connectivity index (χ1) is 17.3. The van der Waals surface area contributed by atoms with Gasteiger partial charge in [0, 0.05) is 29.4 Å². The molecule has 2 aromatic heterocycles. The van der Waals surface area contributed by atoms with Gasteiger partial charge in [0.1, 0.15) is 5.82 Å². The lowest BCUT2D eigenvalue weighted by atomic mass is 10.0. The van der Waals surface area contributed by atoms with Gasteiger partial charge in [-0.2, -0.15) is 13.2 Å². The molecule has 1 N–H and O–H groups in total. The lowest BCUT2D eigenvalue weighted by molar-refractivity contribution is -0.147. The molecule has 37 heavy (non-hydrogen) atoms. The number of sulfonamides is 1. The van der Waals surface area contributed by atoms with Gasteiger partial charge < -0.3 is 9.30 Å². The van der Waals surface area contributed by atoms with Crippen LogP contribution in [0.5, 0.6) is 0 Å². The number of benzene rings is 1. The molecule has 1 aromatic carbocycles. The molecule has 0 radical (unpaired) electrons.